The van der Waals surface area contributed by atoms with Crippen molar-refractivity contribution in [2.75, 3.05) is 7.05 Å². The molecule has 1 atom stereocenters. The molecule has 0 spiro atoms. The Balaban J connectivity index is 2.31. The number of rotatable bonds is 4. The van der Waals surface area contributed by atoms with Crippen molar-refractivity contribution < 1.29 is 8.78 Å². The Labute approximate surface area is 117 Å². The molecule has 0 aliphatic carbocycles. The summed E-state index contributed by atoms with van der Waals surface area (Å²) in [6.45, 7) is 3.73. The summed E-state index contributed by atoms with van der Waals surface area (Å²) in [7, 11) is 1.81. The maximum atomic E-state index is 13.7. The standard InChI is InChI=1S/C15H17F2N3/c1-9-6-13(10(2)20-19-9)15(18-3)7-11-4-5-12(16)8-14(11)17/h4-6,8,15,18H,7H2,1-3H3. The van der Waals surface area contributed by atoms with Gasteiger partial charge in [-0.2, -0.15) is 10.2 Å². The monoisotopic (exact) mass is 277 g/mol. The topological polar surface area (TPSA) is 37.8 Å². The summed E-state index contributed by atoms with van der Waals surface area (Å²) in [5.41, 5.74) is 3.06. The smallest absolute Gasteiger partial charge is 0.129 e. The van der Waals surface area contributed by atoms with Crippen LogP contribution in [0.2, 0.25) is 0 Å². The fourth-order valence-electron chi connectivity index (χ4n) is 2.20. The summed E-state index contributed by atoms with van der Waals surface area (Å²) in [6.07, 6.45) is 0.425. The lowest BCUT2D eigenvalue weighted by molar-refractivity contribution is 0.537. The number of hydrogen-bond acceptors (Lipinski definition) is 3. The van der Waals surface area contributed by atoms with E-state index in [2.05, 4.69) is 15.5 Å². The van der Waals surface area contributed by atoms with E-state index in [0.29, 0.717) is 12.0 Å². The normalized spacial score (nSPS) is 12.4. The third-order valence-electron chi connectivity index (χ3n) is 3.30. The molecule has 0 aliphatic heterocycles. The first-order valence-corrected chi connectivity index (χ1v) is 6.43. The highest BCUT2D eigenvalue weighted by Gasteiger charge is 2.16. The van der Waals surface area contributed by atoms with Gasteiger partial charge in [-0.3, -0.25) is 0 Å². The Bertz CT molecular complexity index is 614. The molecule has 0 radical (unpaired) electrons. The first-order chi connectivity index (χ1) is 9.51. The van der Waals surface area contributed by atoms with E-state index in [1.165, 1.54) is 12.1 Å². The summed E-state index contributed by atoms with van der Waals surface area (Å²) in [4.78, 5) is 0. The summed E-state index contributed by atoms with van der Waals surface area (Å²) in [6, 6.07) is 5.50. The van der Waals surface area contributed by atoms with Crippen molar-refractivity contribution in [3.8, 4) is 0 Å². The molecular weight excluding hydrogens is 260 g/mol. The first-order valence-electron chi connectivity index (χ1n) is 6.43. The van der Waals surface area contributed by atoms with Crippen LogP contribution in [0.5, 0.6) is 0 Å². The molecule has 0 fully saturated rings. The largest absolute Gasteiger partial charge is 0.313 e. The van der Waals surface area contributed by atoms with Gasteiger partial charge in [0.15, 0.2) is 0 Å². The van der Waals surface area contributed by atoms with Gasteiger partial charge in [-0.25, -0.2) is 8.78 Å². The third kappa shape index (κ3) is 3.17. The minimum atomic E-state index is -0.565. The Morgan fingerprint density at radius 3 is 2.55 bits per heavy atom. The van der Waals surface area contributed by atoms with Crippen molar-refractivity contribution in [1.29, 1.82) is 0 Å². The predicted octanol–water partition coefficient (Wildman–Crippen LogP) is 2.87. The van der Waals surface area contributed by atoms with Crippen LogP contribution in [0.3, 0.4) is 0 Å². The van der Waals surface area contributed by atoms with Gasteiger partial charge in [-0.05, 0) is 50.6 Å². The maximum Gasteiger partial charge on any atom is 0.129 e. The molecule has 0 saturated heterocycles. The zero-order valence-corrected chi connectivity index (χ0v) is 11.7. The van der Waals surface area contributed by atoms with Gasteiger partial charge in [0.25, 0.3) is 0 Å². The first kappa shape index (κ1) is 14.5. The highest BCUT2D eigenvalue weighted by molar-refractivity contribution is 5.27. The number of aryl methyl sites for hydroxylation is 2. The lowest BCUT2D eigenvalue weighted by Crippen LogP contribution is -2.21. The van der Waals surface area contributed by atoms with Gasteiger partial charge in [0.1, 0.15) is 11.6 Å². The zero-order chi connectivity index (χ0) is 14.7. The van der Waals surface area contributed by atoms with Gasteiger partial charge in [0, 0.05) is 12.1 Å². The van der Waals surface area contributed by atoms with E-state index in [1.807, 2.05) is 19.9 Å². The van der Waals surface area contributed by atoms with Crippen LogP contribution in [-0.4, -0.2) is 17.2 Å². The predicted molar refractivity (Wildman–Crippen MR) is 73.4 cm³/mol. The maximum absolute atomic E-state index is 13.7. The van der Waals surface area contributed by atoms with Gasteiger partial charge in [0.2, 0.25) is 0 Å². The van der Waals surface area contributed by atoms with E-state index in [9.17, 15) is 8.78 Å². The van der Waals surface area contributed by atoms with E-state index >= 15 is 0 Å². The molecule has 1 aromatic carbocycles. The van der Waals surface area contributed by atoms with E-state index in [4.69, 9.17) is 0 Å². The molecule has 20 heavy (non-hydrogen) atoms. The van der Waals surface area contributed by atoms with Gasteiger partial charge in [0.05, 0.1) is 11.4 Å². The molecule has 3 nitrogen and oxygen atoms in total. The zero-order valence-electron chi connectivity index (χ0n) is 11.7. The summed E-state index contributed by atoms with van der Waals surface area (Å²) >= 11 is 0. The Hall–Kier alpha value is -1.88. The molecule has 0 saturated carbocycles. The van der Waals surface area contributed by atoms with Gasteiger partial charge in [-0.1, -0.05) is 6.07 Å². The second-order valence-electron chi connectivity index (χ2n) is 4.81. The number of aromatic nitrogens is 2. The molecule has 0 bridgehead atoms. The summed E-state index contributed by atoms with van der Waals surface area (Å²) in [5, 5.41) is 11.2. The highest BCUT2D eigenvalue weighted by Crippen LogP contribution is 2.22. The number of benzene rings is 1. The Kier molecular flexibility index (Phi) is 4.39. The average molecular weight is 277 g/mol. The minimum absolute atomic E-state index is 0.0934. The van der Waals surface area contributed by atoms with Crippen LogP contribution in [0.15, 0.2) is 24.3 Å². The van der Waals surface area contributed by atoms with E-state index in [1.54, 1.807) is 7.05 Å². The van der Waals surface area contributed by atoms with Crippen molar-refractivity contribution in [1.82, 2.24) is 15.5 Å². The van der Waals surface area contributed by atoms with Crippen molar-refractivity contribution >= 4 is 0 Å². The van der Waals surface area contributed by atoms with Gasteiger partial charge >= 0.3 is 0 Å². The van der Waals surface area contributed by atoms with Gasteiger partial charge in [-0.15, -0.1) is 0 Å². The van der Waals surface area contributed by atoms with Gasteiger partial charge < -0.3 is 5.32 Å². The second kappa shape index (κ2) is 6.05. The second-order valence-corrected chi connectivity index (χ2v) is 4.81. The van der Waals surface area contributed by atoms with E-state index < -0.39 is 11.6 Å². The number of likely N-dealkylation sites (N-methyl/N-ethyl adjacent to an activating group) is 1. The van der Waals surface area contributed by atoms with Crippen LogP contribution in [0, 0.1) is 25.5 Å². The van der Waals surface area contributed by atoms with Crippen LogP contribution in [0.25, 0.3) is 0 Å². The van der Waals surface area contributed by atoms with Crippen LogP contribution < -0.4 is 5.32 Å². The Morgan fingerprint density at radius 1 is 1.15 bits per heavy atom. The number of nitrogens with zero attached hydrogens (tertiary/aromatic N) is 2. The number of nitrogens with one attached hydrogen (secondary N) is 1. The molecule has 0 aliphatic rings. The fourth-order valence-corrected chi connectivity index (χ4v) is 2.20. The van der Waals surface area contributed by atoms with Crippen molar-refractivity contribution in [3.63, 3.8) is 0 Å². The molecule has 5 heteroatoms. The molecule has 2 rings (SSSR count). The summed E-state index contributed by atoms with van der Waals surface area (Å²) < 4.78 is 26.7. The molecule has 106 valence electrons. The third-order valence-corrected chi connectivity index (χ3v) is 3.30. The molecular formula is C15H17F2N3. The molecule has 0 amide bonds. The van der Waals surface area contributed by atoms with Crippen LogP contribution >= 0.6 is 0 Å². The molecule has 2 aromatic rings. The van der Waals surface area contributed by atoms with Crippen LogP contribution in [0.4, 0.5) is 8.78 Å². The lowest BCUT2D eigenvalue weighted by atomic mass is 9.97. The van der Waals surface area contributed by atoms with Crippen molar-refractivity contribution in [2.45, 2.75) is 26.3 Å². The quantitative estimate of drug-likeness (QED) is 0.933. The number of hydrogen-bond donors (Lipinski definition) is 1. The van der Waals surface area contributed by atoms with Crippen molar-refractivity contribution in [2.24, 2.45) is 0 Å². The molecule has 1 aromatic heterocycles. The average Bonchev–Trinajstić information content (AvgIpc) is 2.41. The van der Waals surface area contributed by atoms with Crippen LogP contribution in [0.1, 0.15) is 28.6 Å². The molecule has 1 unspecified atom stereocenters. The highest BCUT2D eigenvalue weighted by atomic mass is 19.1. The number of halogens is 2. The SMILES string of the molecule is CNC(Cc1ccc(F)cc1F)c1cc(C)nnc1C. The minimum Gasteiger partial charge on any atom is -0.313 e. The van der Waals surface area contributed by atoms with E-state index in [0.717, 1.165) is 23.0 Å². The summed E-state index contributed by atoms with van der Waals surface area (Å²) in [5.74, 6) is -1.09. The lowest BCUT2D eigenvalue weighted by Gasteiger charge is -2.19. The Morgan fingerprint density at radius 2 is 1.90 bits per heavy atom. The van der Waals surface area contributed by atoms with Crippen LogP contribution in [-0.2, 0) is 6.42 Å². The molecule has 1 N–H and O–H groups in total. The fraction of sp³-hybridized carbons (Fsp3) is 0.333. The van der Waals surface area contributed by atoms with Crippen molar-refractivity contribution in [3.05, 3.63) is 58.4 Å². The van der Waals surface area contributed by atoms with E-state index in [-0.39, 0.29) is 6.04 Å². The molecule has 1 heterocycles.